The molecular weight excluding hydrogens is 416 g/mol. The van der Waals surface area contributed by atoms with E-state index in [4.69, 9.17) is 4.74 Å². The predicted octanol–water partition coefficient (Wildman–Crippen LogP) is 4.47. The van der Waals surface area contributed by atoms with Crippen LogP contribution in [0.4, 0.5) is 5.00 Å². The normalized spacial score (nSPS) is 15.7. The Morgan fingerprint density at radius 1 is 1.47 bits per heavy atom. The summed E-state index contributed by atoms with van der Waals surface area (Å²) in [6.45, 7) is 3.49. The number of amides is 1. The third-order valence-corrected chi connectivity index (χ3v) is 7.49. The van der Waals surface area contributed by atoms with Crippen LogP contribution in [0.5, 0.6) is 0 Å². The molecule has 0 saturated carbocycles. The molecule has 0 fully saturated rings. The maximum atomic E-state index is 12.7. The number of rotatable bonds is 7. The van der Waals surface area contributed by atoms with E-state index in [0.717, 1.165) is 41.0 Å². The Labute approximate surface area is 184 Å². The number of nitrogens with one attached hydrogen (secondary N) is 1. The highest BCUT2D eigenvalue weighted by molar-refractivity contribution is 7.99. The van der Waals surface area contributed by atoms with Gasteiger partial charge in [-0.3, -0.25) is 4.79 Å². The number of carbonyl (C=O) groups excluding carboxylic acids is 1. The molecule has 1 aromatic carbocycles. The molecule has 4 rings (SSSR count). The minimum Gasteiger partial charge on any atom is -0.383 e. The van der Waals surface area contributed by atoms with Crippen molar-refractivity contribution in [3.8, 4) is 6.07 Å². The highest BCUT2D eigenvalue weighted by Gasteiger charge is 2.24. The molecule has 1 amide bonds. The molecule has 1 atom stereocenters. The third-order valence-electron chi connectivity index (χ3n) is 5.35. The number of aromatic nitrogens is 2. The summed E-state index contributed by atoms with van der Waals surface area (Å²) >= 11 is 2.96. The van der Waals surface area contributed by atoms with Crippen LogP contribution >= 0.6 is 23.1 Å². The van der Waals surface area contributed by atoms with Crippen molar-refractivity contribution >= 4 is 45.0 Å². The lowest BCUT2D eigenvalue weighted by molar-refractivity contribution is -0.113. The molecule has 0 unspecified atom stereocenters. The van der Waals surface area contributed by atoms with Crippen LogP contribution in [-0.2, 0) is 28.9 Å². The summed E-state index contributed by atoms with van der Waals surface area (Å²) in [6.07, 6.45) is 3.01. The van der Waals surface area contributed by atoms with E-state index in [2.05, 4.69) is 27.9 Å². The molecule has 0 aliphatic heterocycles. The maximum absolute atomic E-state index is 12.7. The smallest absolute Gasteiger partial charge is 0.235 e. The van der Waals surface area contributed by atoms with Crippen molar-refractivity contribution in [3.63, 3.8) is 0 Å². The number of hydrogen-bond donors (Lipinski definition) is 1. The molecule has 0 saturated heterocycles. The molecule has 1 aliphatic carbocycles. The number of benzene rings is 1. The molecule has 6 nitrogen and oxygen atoms in total. The van der Waals surface area contributed by atoms with Gasteiger partial charge in [-0.25, -0.2) is 4.98 Å². The molecule has 30 heavy (non-hydrogen) atoms. The van der Waals surface area contributed by atoms with E-state index in [9.17, 15) is 10.1 Å². The average molecular weight is 441 g/mol. The van der Waals surface area contributed by atoms with Crippen LogP contribution in [0.3, 0.4) is 0 Å². The van der Waals surface area contributed by atoms with Gasteiger partial charge in [0, 0.05) is 18.5 Å². The van der Waals surface area contributed by atoms with Crippen molar-refractivity contribution in [1.29, 1.82) is 5.26 Å². The van der Waals surface area contributed by atoms with E-state index in [-0.39, 0.29) is 11.7 Å². The Morgan fingerprint density at radius 3 is 3.10 bits per heavy atom. The fourth-order valence-electron chi connectivity index (χ4n) is 3.81. The van der Waals surface area contributed by atoms with Crippen molar-refractivity contribution in [1.82, 2.24) is 9.55 Å². The highest BCUT2D eigenvalue weighted by atomic mass is 32.2. The first-order valence-electron chi connectivity index (χ1n) is 10.0. The van der Waals surface area contributed by atoms with Crippen molar-refractivity contribution in [2.75, 3.05) is 24.8 Å². The summed E-state index contributed by atoms with van der Waals surface area (Å²) in [5.41, 5.74) is 3.71. The second-order valence-corrected chi connectivity index (χ2v) is 9.58. The van der Waals surface area contributed by atoms with Crippen molar-refractivity contribution in [2.45, 2.75) is 37.9 Å². The number of nitriles is 1. The van der Waals surface area contributed by atoms with Crippen LogP contribution in [0, 0.1) is 17.2 Å². The van der Waals surface area contributed by atoms with Crippen molar-refractivity contribution < 1.29 is 9.53 Å². The number of ether oxygens (including phenoxy) is 1. The first kappa shape index (κ1) is 20.9. The van der Waals surface area contributed by atoms with Crippen molar-refractivity contribution in [2.24, 2.45) is 5.92 Å². The quantitative estimate of drug-likeness (QED) is 0.548. The van der Waals surface area contributed by atoms with Gasteiger partial charge in [0.1, 0.15) is 11.1 Å². The van der Waals surface area contributed by atoms with Crippen LogP contribution in [0.25, 0.3) is 11.0 Å². The molecule has 2 aromatic heterocycles. The summed E-state index contributed by atoms with van der Waals surface area (Å²) < 4.78 is 7.32. The summed E-state index contributed by atoms with van der Waals surface area (Å²) in [5, 5.41) is 14.1. The average Bonchev–Trinajstić information content (AvgIpc) is 3.27. The number of thiophene rings is 1. The van der Waals surface area contributed by atoms with Gasteiger partial charge >= 0.3 is 0 Å². The number of hydrogen-bond acceptors (Lipinski definition) is 6. The molecule has 0 spiro atoms. The lowest BCUT2D eigenvalue weighted by Gasteiger charge is -2.17. The summed E-state index contributed by atoms with van der Waals surface area (Å²) in [6, 6.07) is 10.2. The zero-order valence-corrected chi connectivity index (χ0v) is 18.7. The summed E-state index contributed by atoms with van der Waals surface area (Å²) in [4.78, 5) is 18.6. The van der Waals surface area contributed by atoms with Gasteiger partial charge < -0.3 is 14.6 Å². The van der Waals surface area contributed by atoms with E-state index >= 15 is 0 Å². The lowest BCUT2D eigenvalue weighted by Crippen LogP contribution is -2.15. The molecule has 1 N–H and O–H groups in total. The zero-order valence-electron chi connectivity index (χ0n) is 17.1. The zero-order chi connectivity index (χ0) is 21.1. The molecule has 8 heteroatoms. The number of fused-ring (bicyclic) bond motifs is 2. The van der Waals surface area contributed by atoms with Crippen LogP contribution in [0.2, 0.25) is 0 Å². The number of carbonyl (C=O) groups is 1. The SMILES string of the molecule is COCCn1c(SCC(=O)Nc2sc3c(c2C#N)CC[C@@H](C)C3)nc2ccccc21. The molecule has 2 heterocycles. The van der Waals surface area contributed by atoms with Gasteiger partial charge in [0.2, 0.25) is 5.91 Å². The Bertz CT molecular complexity index is 1110. The van der Waals surface area contributed by atoms with E-state index in [1.54, 1.807) is 18.4 Å². The number of methoxy groups -OCH3 is 1. The van der Waals surface area contributed by atoms with Gasteiger partial charge in [0.05, 0.1) is 29.0 Å². The number of imidazole rings is 1. The second kappa shape index (κ2) is 9.21. The molecule has 1 aliphatic rings. The van der Waals surface area contributed by atoms with E-state index in [1.807, 2.05) is 24.3 Å². The fourth-order valence-corrected chi connectivity index (χ4v) is 6.03. The van der Waals surface area contributed by atoms with Gasteiger partial charge in [-0.05, 0) is 42.9 Å². The fraction of sp³-hybridized carbons (Fsp3) is 0.409. The topological polar surface area (TPSA) is 79.9 Å². The monoisotopic (exact) mass is 440 g/mol. The Hall–Kier alpha value is -2.34. The first-order chi connectivity index (χ1) is 14.6. The van der Waals surface area contributed by atoms with Crippen LogP contribution in [-0.4, -0.2) is 34.9 Å². The largest absolute Gasteiger partial charge is 0.383 e. The minimum absolute atomic E-state index is 0.117. The van der Waals surface area contributed by atoms with E-state index < -0.39 is 0 Å². The summed E-state index contributed by atoms with van der Waals surface area (Å²) in [5.74, 6) is 0.746. The number of anilines is 1. The number of thioether (sulfide) groups is 1. The number of para-hydroxylation sites is 2. The van der Waals surface area contributed by atoms with E-state index in [0.29, 0.717) is 29.6 Å². The van der Waals surface area contributed by atoms with Gasteiger partial charge in [0.25, 0.3) is 0 Å². The molecule has 0 bridgehead atoms. The Kier molecular flexibility index (Phi) is 6.42. The minimum atomic E-state index is -0.117. The Morgan fingerprint density at radius 2 is 2.30 bits per heavy atom. The van der Waals surface area contributed by atoms with Crippen molar-refractivity contribution in [3.05, 3.63) is 40.3 Å². The standard InChI is InChI=1S/C22H24N4O2S2/c1-14-7-8-15-16(12-23)21(30-19(15)11-14)25-20(27)13-29-22-24-17-5-3-4-6-18(17)26(22)9-10-28-2/h3-6,14H,7-11,13H2,1-2H3,(H,25,27)/t14-/m1/s1. The summed E-state index contributed by atoms with van der Waals surface area (Å²) in [7, 11) is 1.67. The molecule has 0 radical (unpaired) electrons. The third kappa shape index (κ3) is 4.24. The highest BCUT2D eigenvalue weighted by Crippen LogP contribution is 2.39. The van der Waals surface area contributed by atoms with Crippen LogP contribution < -0.4 is 5.32 Å². The molecule has 156 valence electrons. The second-order valence-electron chi connectivity index (χ2n) is 7.53. The van der Waals surface area contributed by atoms with Gasteiger partial charge in [0.15, 0.2) is 5.16 Å². The van der Waals surface area contributed by atoms with Gasteiger partial charge in [-0.15, -0.1) is 11.3 Å². The maximum Gasteiger partial charge on any atom is 0.235 e. The van der Waals surface area contributed by atoms with Gasteiger partial charge in [-0.1, -0.05) is 30.8 Å². The molecule has 3 aromatic rings. The lowest BCUT2D eigenvalue weighted by atomic mass is 9.89. The number of nitrogens with zero attached hydrogens (tertiary/aromatic N) is 3. The molecular formula is C22H24N4O2S2. The predicted molar refractivity (Wildman–Crippen MR) is 121 cm³/mol. The first-order valence-corrected chi connectivity index (χ1v) is 11.8. The van der Waals surface area contributed by atoms with Crippen LogP contribution in [0.15, 0.2) is 29.4 Å². The van der Waals surface area contributed by atoms with Gasteiger partial charge in [-0.2, -0.15) is 5.26 Å². The van der Waals surface area contributed by atoms with E-state index in [1.165, 1.54) is 16.6 Å². The Balaban J connectivity index is 1.48. The van der Waals surface area contributed by atoms with Crippen LogP contribution in [0.1, 0.15) is 29.3 Å².